The zero-order chi connectivity index (χ0) is 23.8. The molecular formula is C25H23N5O2S2. The first-order valence-corrected chi connectivity index (χ1v) is 12.6. The first-order chi connectivity index (χ1) is 16.5. The molecular weight excluding hydrogens is 466 g/mol. The number of nitrogens with zero attached hydrogens (tertiary/aromatic N) is 4. The number of allylic oxidation sites excluding steroid dienone is 1. The molecule has 1 aromatic carbocycles. The number of benzene rings is 1. The van der Waals surface area contributed by atoms with Crippen LogP contribution in [0.1, 0.15) is 36.0 Å². The molecule has 3 aromatic heterocycles. The number of rotatable bonds is 5. The van der Waals surface area contributed by atoms with Crippen molar-refractivity contribution in [2.75, 3.05) is 5.32 Å². The molecule has 4 aromatic rings. The molecule has 0 bridgehead atoms. The van der Waals surface area contributed by atoms with Gasteiger partial charge in [-0.05, 0) is 50.4 Å². The predicted molar refractivity (Wildman–Crippen MR) is 136 cm³/mol. The second kappa shape index (κ2) is 9.00. The number of hydrogen-bond acceptors (Lipinski definition) is 6. The molecule has 0 spiro atoms. The number of para-hydroxylation sites is 1. The first kappa shape index (κ1) is 22.2. The van der Waals surface area contributed by atoms with Gasteiger partial charge in [0.05, 0.1) is 21.5 Å². The summed E-state index contributed by atoms with van der Waals surface area (Å²) in [5.41, 5.74) is 3.37. The van der Waals surface area contributed by atoms with Crippen LogP contribution in [-0.4, -0.2) is 20.3 Å². The van der Waals surface area contributed by atoms with Gasteiger partial charge in [-0.25, -0.2) is 4.99 Å². The molecule has 7 nitrogen and oxygen atoms in total. The van der Waals surface area contributed by atoms with Crippen LogP contribution in [-0.2, 0) is 11.3 Å². The molecule has 0 aliphatic carbocycles. The van der Waals surface area contributed by atoms with Gasteiger partial charge in [0, 0.05) is 28.9 Å². The number of carbonyl (C=O) groups is 1. The maximum atomic E-state index is 13.6. The minimum Gasteiger partial charge on any atom is -0.322 e. The van der Waals surface area contributed by atoms with Crippen molar-refractivity contribution in [3.05, 3.63) is 101 Å². The molecule has 1 aliphatic rings. The fourth-order valence-electron chi connectivity index (χ4n) is 4.03. The summed E-state index contributed by atoms with van der Waals surface area (Å²) in [6.07, 6.45) is 3.81. The van der Waals surface area contributed by atoms with Gasteiger partial charge < -0.3 is 5.32 Å². The summed E-state index contributed by atoms with van der Waals surface area (Å²) in [6, 6.07) is 12.6. The Morgan fingerprint density at radius 2 is 1.97 bits per heavy atom. The smallest absolute Gasteiger partial charge is 0.271 e. The SMILES string of the molecule is CCn1cc(/C=c2/sc3n(c2=O)C(c2cccs2)C(C(=O)Nc2ccccc2)=C(C)N=3)c(C)n1. The van der Waals surface area contributed by atoms with Crippen molar-refractivity contribution in [3.63, 3.8) is 0 Å². The third-order valence-electron chi connectivity index (χ3n) is 5.71. The standard InChI is InChI=1S/C25H23N5O2S2/c1-4-29-14-17(15(2)28-29)13-20-24(32)30-22(19-11-8-12-33-19)21(16(3)26-25(30)34-20)23(31)27-18-9-6-5-7-10-18/h5-14,22H,4H2,1-3H3,(H,27,31)/b20-13+. The van der Waals surface area contributed by atoms with E-state index in [0.29, 0.717) is 26.3 Å². The lowest BCUT2D eigenvalue weighted by molar-refractivity contribution is -0.113. The van der Waals surface area contributed by atoms with E-state index >= 15 is 0 Å². The number of thiophene rings is 1. The van der Waals surface area contributed by atoms with Gasteiger partial charge in [-0.3, -0.25) is 18.8 Å². The van der Waals surface area contributed by atoms with Gasteiger partial charge in [-0.15, -0.1) is 11.3 Å². The Morgan fingerprint density at radius 3 is 2.65 bits per heavy atom. The molecule has 9 heteroatoms. The molecule has 1 amide bonds. The van der Waals surface area contributed by atoms with Crippen LogP contribution in [0.4, 0.5) is 5.69 Å². The quantitative estimate of drug-likeness (QED) is 0.466. The van der Waals surface area contributed by atoms with Crippen LogP contribution in [0, 0.1) is 6.92 Å². The number of aromatic nitrogens is 3. The number of anilines is 1. The van der Waals surface area contributed by atoms with Crippen LogP contribution in [0.25, 0.3) is 6.08 Å². The Bertz CT molecular complexity index is 1570. The normalized spacial score (nSPS) is 15.9. The highest BCUT2D eigenvalue weighted by atomic mass is 32.1. The Hall–Kier alpha value is -3.56. The van der Waals surface area contributed by atoms with E-state index in [9.17, 15) is 9.59 Å². The van der Waals surface area contributed by atoms with Crippen molar-refractivity contribution in [1.82, 2.24) is 14.3 Å². The molecule has 34 heavy (non-hydrogen) atoms. The lowest BCUT2D eigenvalue weighted by Gasteiger charge is -2.24. The first-order valence-electron chi connectivity index (χ1n) is 10.9. The van der Waals surface area contributed by atoms with Crippen molar-refractivity contribution in [2.45, 2.75) is 33.4 Å². The number of fused-ring (bicyclic) bond motifs is 1. The fraction of sp³-hybridized carbons (Fsp3) is 0.200. The molecule has 1 unspecified atom stereocenters. The summed E-state index contributed by atoms with van der Waals surface area (Å²) in [5.74, 6) is -0.264. The summed E-state index contributed by atoms with van der Waals surface area (Å²) < 4.78 is 4.06. The summed E-state index contributed by atoms with van der Waals surface area (Å²) in [5, 5.41) is 9.40. The van der Waals surface area contributed by atoms with Crippen molar-refractivity contribution >= 4 is 40.3 Å². The van der Waals surface area contributed by atoms with E-state index in [1.54, 1.807) is 4.57 Å². The number of carbonyl (C=O) groups excluding carboxylic acids is 1. The fourth-order valence-corrected chi connectivity index (χ4v) is 5.89. The molecule has 0 fully saturated rings. The second-order valence-corrected chi connectivity index (χ2v) is 9.93. The van der Waals surface area contributed by atoms with Crippen molar-refractivity contribution in [3.8, 4) is 0 Å². The van der Waals surface area contributed by atoms with E-state index in [1.807, 2.05) is 85.6 Å². The molecule has 0 radical (unpaired) electrons. The number of hydrogen-bond donors (Lipinski definition) is 1. The lowest BCUT2D eigenvalue weighted by Crippen LogP contribution is -2.40. The second-order valence-electron chi connectivity index (χ2n) is 7.94. The van der Waals surface area contributed by atoms with Gasteiger partial charge in [0.25, 0.3) is 11.5 Å². The van der Waals surface area contributed by atoms with E-state index in [2.05, 4.69) is 15.4 Å². The average molecular weight is 490 g/mol. The van der Waals surface area contributed by atoms with Crippen molar-refractivity contribution < 1.29 is 4.79 Å². The zero-order valence-corrected chi connectivity index (χ0v) is 20.6. The molecule has 4 heterocycles. The summed E-state index contributed by atoms with van der Waals surface area (Å²) in [6.45, 7) is 6.54. The molecule has 1 aliphatic heterocycles. The highest BCUT2D eigenvalue weighted by Crippen LogP contribution is 2.33. The Labute approximate surface area is 204 Å². The van der Waals surface area contributed by atoms with Crippen LogP contribution < -0.4 is 20.2 Å². The van der Waals surface area contributed by atoms with Gasteiger partial charge >= 0.3 is 0 Å². The van der Waals surface area contributed by atoms with Crippen LogP contribution in [0.5, 0.6) is 0 Å². The van der Waals surface area contributed by atoms with Gasteiger partial charge in [-0.1, -0.05) is 35.6 Å². The zero-order valence-electron chi connectivity index (χ0n) is 19.0. The minimum atomic E-state index is -0.540. The predicted octanol–water partition coefficient (Wildman–Crippen LogP) is 3.46. The number of thiazole rings is 1. The third kappa shape index (κ3) is 3.97. The largest absolute Gasteiger partial charge is 0.322 e. The van der Waals surface area contributed by atoms with Gasteiger partial charge in [0.1, 0.15) is 6.04 Å². The maximum absolute atomic E-state index is 13.6. The highest BCUT2D eigenvalue weighted by molar-refractivity contribution is 7.10. The van der Waals surface area contributed by atoms with Crippen LogP contribution in [0.2, 0.25) is 0 Å². The van der Waals surface area contributed by atoms with Crippen LogP contribution in [0.15, 0.2) is 75.1 Å². The molecule has 0 saturated carbocycles. The Morgan fingerprint density at radius 1 is 1.18 bits per heavy atom. The monoisotopic (exact) mass is 489 g/mol. The molecule has 172 valence electrons. The van der Waals surface area contributed by atoms with Crippen molar-refractivity contribution in [1.29, 1.82) is 0 Å². The van der Waals surface area contributed by atoms with E-state index in [0.717, 1.165) is 22.7 Å². The summed E-state index contributed by atoms with van der Waals surface area (Å²) in [4.78, 5) is 33.3. The van der Waals surface area contributed by atoms with E-state index in [4.69, 9.17) is 0 Å². The van der Waals surface area contributed by atoms with Crippen LogP contribution >= 0.6 is 22.7 Å². The Balaban J connectivity index is 1.65. The van der Waals surface area contributed by atoms with Gasteiger partial charge in [-0.2, -0.15) is 5.10 Å². The maximum Gasteiger partial charge on any atom is 0.271 e. The molecule has 1 atom stereocenters. The van der Waals surface area contributed by atoms with E-state index < -0.39 is 6.04 Å². The molecule has 0 saturated heterocycles. The van der Waals surface area contributed by atoms with E-state index in [1.165, 1.54) is 22.7 Å². The van der Waals surface area contributed by atoms with Gasteiger partial charge in [0.2, 0.25) is 0 Å². The van der Waals surface area contributed by atoms with Crippen LogP contribution in [0.3, 0.4) is 0 Å². The van der Waals surface area contributed by atoms with Gasteiger partial charge in [0.15, 0.2) is 4.80 Å². The lowest BCUT2D eigenvalue weighted by atomic mass is 10.0. The minimum absolute atomic E-state index is 0.164. The number of nitrogens with one attached hydrogen (secondary N) is 1. The summed E-state index contributed by atoms with van der Waals surface area (Å²) in [7, 11) is 0. The third-order valence-corrected chi connectivity index (χ3v) is 7.61. The average Bonchev–Trinajstić information content (AvgIpc) is 3.54. The number of aryl methyl sites for hydroxylation is 2. The Kier molecular flexibility index (Phi) is 5.89. The molecule has 1 N–H and O–H groups in total. The van der Waals surface area contributed by atoms with E-state index in [-0.39, 0.29) is 11.5 Å². The highest BCUT2D eigenvalue weighted by Gasteiger charge is 2.33. The number of amides is 1. The topological polar surface area (TPSA) is 81.3 Å². The summed E-state index contributed by atoms with van der Waals surface area (Å²) >= 11 is 2.85. The molecule has 5 rings (SSSR count). The van der Waals surface area contributed by atoms with Crippen molar-refractivity contribution in [2.24, 2.45) is 4.99 Å².